The summed E-state index contributed by atoms with van der Waals surface area (Å²) < 4.78 is 17.4. The minimum Gasteiger partial charge on any atom is -0.346 e. The predicted octanol–water partition coefficient (Wildman–Crippen LogP) is 5.34. The summed E-state index contributed by atoms with van der Waals surface area (Å²) in [5.41, 5.74) is 4.31. The van der Waals surface area contributed by atoms with E-state index < -0.39 is 5.82 Å². The van der Waals surface area contributed by atoms with Gasteiger partial charge in [-0.05, 0) is 48.1 Å². The Morgan fingerprint density at radius 1 is 0.930 bits per heavy atom. The van der Waals surface area contributed by atoms with Gasteiger partial charge in [0.05, 0.1) is 17.9 Å². The molecule has 2 aliphatic rings. The monoisotopic (exact) mass is 572 g/mol. The minimum absolute atomic E-state index is 0.115. The van der Waals surface area contributed by atoms with E-state index in [0.29, 0.717) is 36.3 Å². The van der Waals surface area contributed by atoms with Crippen LogP contribution in [0, 0.1) is 5.82 Å². The SMILES string of the molecule is O=C(c1ccc(-c2cccc3ccncc23)c(F)c1)N1CCC(N2CC(n3cc(-c4ncnc5[nH]ccc45)cn3)C2)CC1. The van der Waals surface area contributed by atoms with Crippen LogP contribution in [0.15, 0.2) is 85.8 Å². The van der Waals surface area contributed by atoms with Crippen molar-refractivity contribution in [1.82, 2.24) is 39.5 Å². The molecule has 10 heteroatoms. The minimum atomic E-state index is -0.400. The third kappa shape index (κ3) is 4.54. The summed E-state index contributed by atoms with van der Waals surface area (Å²) in [6.07, 6.45) is 12.7. The molecular formula is C33H29FN8O. The standard InChI is InChI=1S/C33H29FN8O/c34-30-14-22(4-5-27(30)26-3-1-2-21-6-10-35-16-29(21)26)33(43)40-12-8-24(9-13-40)41-18-25(19-41)42-17-23(15-39-42)31-28-7-11-36-32(28)38-20-37-31/h1-7,10-11,14-17,20,24-25H,8-9,12-13,18-19H2,(H,36,37,38). The lowest BCUT2D eigenvalue weighted by Gasteiger charge is -2.47. The first kappa shape index (κ1) is 25.7. The highest BCUT2D eigenvalue weighted by molar-refractivity contribution is 5.98. The molecule has 0 radical (unpaired) electrons. The molecule has 0 saturated carbocycles. The molecule has 43 heavy (non-hydrogen) atoms. The fraction of sp³-hybridized carbons (Fsp3) is 0.242. The number of pyridine rings is 1. The van der Waals surface area contributed by atoms with Gasteiger partial charge in [-0.25, -0.2) is 14.4 Å². The number of piperidine rings is 1. The molecule has 2 saturated heterocycles. The first-order valence-corrected chi connectivity index (χ1v) is 14.6. The van der Waals surface area contributed by atoms with Gasteiger partial charge >= 0.3 is 0 Å². The summed E-state index contributed by atoms with van der Waals surface area (Å²) in [6.45, 7) is 3.18. The molecule has 6 heterocycles. The Balaban J connectivity index is 0.885. The van der Waals surface area contributed by atoms with Gasteiger partial charge < -0.3 is 9.88 Å². The number of amides is 1. The molecule has 8 rings (SSSR count). The number of H-pyrrole nitrogens is 1. The van der Waals surface area contributed by atoms with E-state index in [1.807, 2.05) is 52.3 Å². The van der Waals surface area contributed by atoms with E-state index in [0.717, 1.165) is 64.6 Å². The first-order valence-electron chi connectivity index (χ1n) is 14.6. The van der Waals surface area contributed by atoms with Gasteiger partial charge in [-0.1, -0.05) is 24.3 Å². The maximum Gasteiger partial charge on any atom is 0.253 e. The van der Waals surface area contributed by atoms with Crippen LogP contribution in [0.4, 0.5) is 4.39 Å². The number of benzene rings is 2. The molecule has 1 N–H and O–H groups in total. The maximum absolute atomic E-state index is 15.3. The maximum atomic E-state index is 15.3. The van der Waals surface area contributed by atoms with E-state index in [9.17, 15) is 4.79 Å². The molecule has 0 aliphatic carbocycles. The Kier molecular flexibility index (Phi) is 6.22. The molecule has 1 amide bonds. The van der Waals surface area contributed by atoms with Gasteiger partial charge in [0.15, 0.2) is 0 Å². The number of likely N-dealkylation sites (tertiary alicyclic amines) is 2. The van der Waals surface area contributed by atoms with Crippen molar-refractivity contribution in [3.8, 4) is 22.4 Å². The number of halogens is 1. The molecule has 214 valence electrons. The Hall–Kier alpha value is -4.96. The summed E-state index contributed by atoms with van der Waals surface area (Å²) in [4.78, 5) is 33.7. The average Bonchev–Trinajstić information content (AvgIpc) is 3.71. The van der Waals surface area contributed by atoms with Gasteiger partial charge in [0.1, 0.15) is 17.8 Å². The molecule has 2 aliphatic heterocycles. The van der Waals surface area contributed by atoms with E-state index in [-0.39, 0.29) is 5.91 Å². The zero-order valence-electron chi connectivity index (χ0n) is 23.4. The van der Waals surface area contributed by atoms with Crippen molar-refractivity contribution in [2.45, 2.75) is 24.9 Å². The van der Waals surface area contributed by atoms with Crippen molar-refractivity contribution in [3.05, 3.63) is 97.2 Å². The molecule has 0 unspecified atom stereocenters. The number of aromatic amines is 1. The number of rotatable bonds is 5. The Labute approximate surface area is 247 Å². The van der Waals surface area contributed by atoms with Crippen LogP contribution >= 0.6 is 0 Å². The van der Waals surface area contributed by atoms with Crippen molar-refractivity contribution in [2.24, 2.45) is 0 Å². The van der Waals surface area contributed by atoms with E-state index in [1.54, 1.807) is 30.9 Å². The van der Waals surface area contributed by atoms with Gasteiger partial charge in [0.2, 0.25) is 0 Å². The number of carbonyl (C=O) groups is 1. The number of nitrogens with one attached hydrogen (secondary N) is 1. The summed E-state index contributed by atoms with van der Waals surface area (Å²) in [6, 6.07) is 15.2. The van der Waals surface area contributed by atoms with Crippen LogP contribution < -0.4 is 0 Å². The van der Waals surface area contributed by atoms with Crippen molar-refractivity contribution in [2.75, 3.05) is 26.2 Å². The quantitative estimate of drug-likeness (QED) is 0.300. The van der Waals surface area contributed by atoms with Gasteiger partial charge in [-0.3, -0.25) is 19.4 Å². The highest BCUT2D eigenvalue weighted by atomic mass is 19.1. The number of hydrogen-bond donors (Lipinski definition) is 1. The third-order valence-corrected chi connectivity index (χ3v) is 8.95. The van der Waals surface area contributed by atoms with E-state index >= 15 is 4.39 Å². The van der Waals surface area contributed by atoms with Gasteiger partial charge in [0.25, 0.3) is 5.91 Å². The van der Waals surface area contributed by atoms with Crippen LogP contribution in [-0.2, 0) is 0 Å². The topological polar surface area (TPSA) is 95.8 Å². The lowest BCUT2D eigenvalue weighted by molar-refractivity contribution is 0.0198. The van der Waals surface area contributed by atoms with Crippen LogP contribution in [0.5, 0.6) is 0 Å². The molecule has 2 fully saturated rings. The van der Waals surface area contributed by atoms with Crippen LogP contribution in [-0.4, -0.2) is 77.6 Å². The molecule has 4 aromatic heterocycles. The normalized spacial score (nSPS) is 16.6. The Morgan fingerprint density at radius 3 is 2.67 bits per heavy atom. The lowest BCUT2D eigenvalue weighted by Crippen LogP contribution is -2.56. The summed E-state index contributed by atoms with van der Waals surface area (Å²) in [5.74, 6) is -0.516. The second-order valence-electron chi connectivity index (χ2n) is 11.4. The second-order valence-corrected chi connectivity index (χ2v) is 11.4. The second kappa shape index (κ2) is 10.4. The zero-order chi connectivity index (χ0) is 28.9. The fourth-order valence-electron chi connectivity index (χ4n) is 6.55. The van der Waals surface area contributed by atoms with Crippen LogP contribution in [0.1, 0.15) is 29.2 Å². The van der Waals surface area contributed by atoms with Crippen LogP contribution in [0.3, 0.4) is 0 Å². The Bertz CT molecular complexity index is 1960. The number of fused-ring (bicyclic) bond motifs is 2. The lowest BCUT2D eigenvalue weighted by atomic mass is 9.96. The molecular weight excluding hydrogens is 543 g/mol. The molecule has 2 aromatic carbocycles. The van der Waals surface area contributed by atoms with Gasteiger partial charge in [-0.2, -0.15) is 5.10 Å². The first-order chi connectivity index (χ1) is 21.1. The highest BCUT2D eigenvalue weighted by Crippen LogP contribution is 2.33. The van der Waals surface area contributed by atoms with Crippen molar-refractivity contribution >= 4 is 27.7 Å². The van der Waals surface area contributed by atoms with Crippen molar-refractivity contribution in [3.63, 3.8) is 0 Å². The predicted molar refractivity (Wildman–Crippen MR) is 162 cm³/mol. The number of hydrogen-bond acceptors (Lipinski definition) is 6. The molecule has 6 aromatic rings. The number of nitrogens with zero attached hydrogens (tertiary/aromatic N) is 7. The van der Waals surface area contributed by atoms with E-state index in [1.165, 1.54) is 6.07 Å². The smallest absolute Gasteiger partial charge is 0.253 e. The summed E-state index contributed by atoms with van der Waals surface area (Å²) in [7, 11) is 0. The largest absolute Gasteiger partial charge is 0.346 e. The summed E-state index contributed by atoms with van der Waals surface area (Å²) in [5, 5.41) is 7.50. The van der Waals surface area contributed by atoms with E-state index in [4.69, 9.17) is 0 Å². The molecule has 0 spiro atoms. The summed E-state index contributed by atoms with van der Waals surface area (Å²) >= 11 is 0. The van der Waals surface area contributed by atoms with Crippen molar-refractivity contribution < 1.29 is 9.18 Å². The highest BCUT2D eigenvalue weighted by Gasteiger charge is 2.36. The molecule has 0 bridgehead atoms. The average molecular weight is 573 g/mol. The number of carbonyl (C=O) groups excluding carboxylic acids is 1. The zero-order valence-corrected chi connectivity index (χ0v) is 23.4. The van der Waals surface area contributed by atoms with E-state index in [2.05, 4.69) is 36.1 Å². The van der Waals surface area contributed by atoms with Gasteiger partial charge in [0, 0.05) is 84.5 Å². The van der Waals surface area contributed by atoms with Crippen molar-refractivity contribution in [1.29, 1.82) is 0 Å². The fourth-order valence-corrected chi connectivity index (χ4v) is 6.55. The van der Waals surface area contributed by atoms with Crippen LogP contribution in [0.25, 0.3) is 44.2 Å². The third-order valence-electron chi connectivity index (χ3n) is 8.95. The van der Waals surface area contributed by atoms with Gasteiger partial charge in [-0.15, -0.1) is 0 Å². The van der Waals surface area contributed by atoms with Crippen LogP contribution in [0.2, 0.25) is 0 Å². The molecule has 0 atom stereocenters. The molecule has 9 nitrogen and oxygen atoms in total. The number of aromatic nitrogens is 6. The Morgan fingerprint density at radius 2 is 1.81 bits per heavy atom.